The van der Waals surface area contributed by atoms with Gasteiger partial charge in [-0.2, -0.15) is 0 Å². The lowest BCUT2D eigenvalue weighted by Crippen LogP contribution is -2.08. The fraction of sp³-hybridized carbons (Fsp3) is 0.333. The Morgan fingerprint density at radius 3 is 2.42 bits per heavy atom. The Balaban J connectivity index is 3.02. The van der Waals surface area contributed by atoms with Gasteiger partial charge in [-0.1, -0.05) is 37.9 Å². The summed E-state index contributed by atoms with van der Waals surface area (Å²) in [5, 5.41) is 0.890. The number of rotatable bonds is 2. The molecule has 0 aliphatic heterocycles. The molecule has 1 aromatic carbocycles. The molecule has 1 nitrogen and oxygen atoms in total. The summed E-state index contributed by atoms with van der Waals surface area (Å²) in [6, 6.07) is 6.35. The van der Waals surface area contributed by atoms with Crippen LogP contribution in [0, 0.1) is 0 Å². The first kappa shape index (κ1) is 10.1. The smallest absolute Gasteiger partial charge is 0.0372 e. The van der Waals surface area contributed by atoms with Gasteiger partial charge in [0.25, 0.3) is 0 Å². The number of nitrogens with zero attached hydrogens (tertiary/aromatic N) is 1. The fourth-order valence-corrected chi connectivity index (χ4v) is 2.29. The van der Waals surface area contributed by atoms with Gasteiger partial charge in [0.05, 0.1) is 0 Å². The van der Waals surface area contributed by atoms with E-state index in [1.807, 2.05) is 14.1 Å². The van der Waals surface area contributed by atoms with E-state index in [1.54, 1.807) is 0 Å². The van der Waals surface area contributed by atoms with E-state index < -0.39 is 0 Å². The van der Waals surface area contributed by atoms with Gasteiger partial charge >= 0.3 is 0 Å². The monoisotopic (exact) mass is 291 g/mol. The number of hydrogen-bond donors (Lipinski definition) is 0. The van der Waals surface area contributed by atoms with Crippen LogP contribution in [0.3, 0.4) is 0 Å². The lowest BCUT2D eigenvalue weighted by Gasteiger charge is -2.13. The number of anilines is 1. The van der Waals surface area contributed by atoms with E-state index >= 15 is 0 Å². The summed E-state index contributed by atoms with van der Waals surface area (Å²) >= 11 is 6.95. The van der Waals surface area contributed by atoms with Gasteiger partial charge < -0.3 is 4.90 Å². The second kappa shape index (κ2) is 4.28. The molecule has 3 heteroatoms. The molecule has 0 fully saturated rings. The molecular formula is C9H11Br2N. The predicted molar refractivity (Wildman–Crippen MR) is 61.1 cm³/mol. The Hall–Kier alpha value is -0.0200. The number of halogens is 2. The van der Waals surface area contributed by atoms with E-state index in [9.17, 15) is 0 Å². The standard InChI is InChI=1S/C9H11Br2N/c1-12(2)8-4-3-7(6-10)9(11)5-8/h3-5H,6H2,1-2H3. The van der Waals surface area contributed by atoms with Crippen molar-refractivity contribution in [1.82, 2.24) is 0 Å². The molecule has 0 aromatic heterocycles. The largest absolute Gasteiger partial charge is 0.378 e. The minimum absolute atomic E-state index is 0.890. The maximum atomic E-state index is 3.52. The van der Waals surface area contributed by atoms with Crippen LogP contribution in [0.2, 0.25) is 0 Å². The highest BCUT2D eigenvalue weighted by molar-refractivity contribution is 9.10. The third-order valence-corrected chi connectivity index (χ3v) is 3.04. The Morgan fingerprint density at radius 2 is 2.00 bits per heavy atom. The van der Waals surface area contributed by atoms with Gasteiger partial charge in [0.2, 0.25) is 0 Å². The lowest BCUT2D eigenvalue weighted by molar-refractivity contribution is 1.13. The summed E-state index contributed by atoms with van der Waals surface area (Å²) in [5.41, 5.74) is 2.49. The second-order valence-corrected chi connectivity index (χ2v) is 4.22. The summed E-state index contributed by atoms with van der Waals surface area (Å²) in [7, 11) is 4.07. The minimum Gasteiger partial charge on any atom is -0.378 e. The SMILES string of the molecule is CN(C)c1ccc(CBr)c(Br)c1. The van der Waals surface area contributed by atoms with Crippen molar-refractivity contribution in [3.8, 4) is 0 Å². The Labute approximate surface area is 90.0 Å². The topological polar surface area (TPSA) is 3.24 Å². The molecule has 0 radical (unpaired) electrons. The molecule has 0 aliphatic carbocycles. The highest BCUT2D eigenvalue weighted by Crippen LogP contribution is 2.24. The summed E-state index contributed by atoms with van der Waals surface area (Å²) in [6.07, 6.45) is 0. The second-order valence-electron chi connectivity index (χ2n) is 2.80. The molecule has 12 heavy (non-hydrogen) atoms. The van der Waals surface area contributed by atoms with Crippen LogP contribution in [-0.2, 0) is 5.33 Å². The predicted octanol–water partition coefficient (Wildman–Crippen LogP) is 3.41. The van der Waals surface area contributed by atoms with E-state index in [4.69, 9.17) is 0 Å². The van der Waals surface area contributed by atoms with Gasteiger partial charge in [-0.05, 0) is 17.7 Å². The molecule has 0 saturated carbocycles. The van der Waals surface area contributed by atoms with Crippen LogP contribution in [0.1, 0.15) is 5.56 Å². The zero-order valence-electron chi connectivity index (χ0n) is 7.14. The van der Waals surface area contributed by atoms with Crippen molar-refractivity contribution in [1.29, 1.82) is 0 Å². The van der Waals surface area contributed by atoms with Gasteiger partial charge in [0, 0.05) is 29.6 Å². The van der Waals surface area contributed by atoms with Crippen molar-refractivity contribution < 1.29 is 0 Å². The van der Waals surface area contributed by atoms with Crippen molar-refractivity contribution in [2.24, 2.45) is 0 Å². The van der Waals surface area contributed by atoms with Gasteiger partial charge in [-0.3, -0.25) is 0 Å². The summed E-state index contributed by atoms with van der Waals surface area (Å²) in [6.45, 7) is 0. The number of alkyl halides is 1. The van der Waals surface area contributed by atoms with Crippen LogP contribution >= 0.6 is 31.9 Å². The van der Waals surface area contributed by atoms with Crippen LogP contribution in [0.15, 0.2) is 22.7 Å². The Morgan fingerprint density at radius 1 is 1.33 bits per heavy atom. The summed E-state index contributed by atoms with van der Waals surface area (Å²) in [5.74, 6) is 0. The average molecular weight is 293 g/mol. The normalized spacial score (nSPS) is 10.0. The van der Waals surface area contributed by atoms with E-state index in [0.29, 0.717) is 0 Å². The highest BCUT2D eigenvalue weighted by Gasteiger charge is 2.00. The zero-order chi connectivity index (χ0) is 9.14. The molecule has 0 bridgehead atoms. The molecule has 66 valence electrons. The molecule has 1 aromatic rings. The molecular weight excluding hydrogens is 282 g/mol. The molecule has 0 unspecified atom stereocenters. The highest BCUT2D eigenvalue weighted by atomic mass is 79.9. The zero-order valence-corrected chi connectivity index (χ0v) is 10.3. The summed E-state index contributed by atoms with van der Waals surface area (Å²) < 4.78 is 1.16. The molecule has 0 amide bonds. The van der Waals surface area contributed by atoms with E-state index in [2.05, 4.69) is 55.0 Å². The molecule has 0 aliphatic rings. The van der Waals surface area contributed by atoms with E-state index in [-0.39, 0.29) is 0 Å². The maximum absolute atomic E-state index is 3.52. The fourth-order valence-electron chi connectivity index (χ4n) is 0.923. The van der Waals surface area contributed by atoms with Crippen molar-refractivity contribution >= 4 is 37.5 Å². The quantitative estimate of drug-likeness (QED) is 0.755. The van der Waals surface area contributed by atoms with Crippen LogP contribution in [0.5, 0.6) is 0 Å². The molecule has 0 atom stereocenters. The summed E-state index contributed by atoms with van der Waals surface area (Å²) in [4.78, 5) is 2.09. The minimum atomic E-state index is 0.890. The molecule has 0 N–H and O–H groups in total. The van der Waals surface area contributed by atoms with Crippen molar-refractivity contribution in [3.05, 3.63) is 28.2 Å². The third-order valence-electron chi connectivity index (χ3n) is 1.70. The van der Waals surface area contributed by atoms with Gasteiger partial charge in [0.1, 0.15) is 0 Å². The molecule has 0 spiro atoms. The third kappa shape index (κ3) is 2.23. The van der Waals surface area contributed by atoms with Gasteiger partial charge in [0.15, 0.2) is 0 Å². The number of hydrogen-bond acceptors (Lipinski definition) is 1. The Kier molecular flexibility index (Phi) is 3.59. The molecule has 0 saturated heterocycles. The first-order valence-corrected chi connectivity index (χ1v) is 5.58. The van der Waals surface area contributed by atoms with Crippen molar-refractivity contribution in [2.45, 2.75) is 5.33 Å². The number of benzene rings is 1. The molecule has 1 rings (SSSR count). The first-order chi connectivity index (χ1) is 5.65. The van der Waals surface area contributed by atoms with E-state index in [1.165, 1.54) is 11.3 Å². The van der Waals surface area contributed by atoms with Crippen LogP contribution < -0.4 is 4.90 Å². The van der Waals surface area contributed by atoms with Crippen LogP contribution in [-0.4, -0.2) is 14.1 Å². The Bertz CT molecular complexity index is 271. The van der Waals surface area contributed by atoms with Crippen molar-refractivity contribution in [3.63, 3.8) is 0 Å². The van der Waals surface area contributed by atoms with Crippen molar-refractivity contribution in [2.75, 3.05) is 19.0 Å². The lowest BCUT2D eigenvalue weighted by atomic mass is 10.2. The maximum Gasteiger partial charge on any atom is 0.0372 e. The van der Waals surface area contributed by atoms with Gasteiger partial charge in [-0.15, -0.1) is 0 Å². The first-order valence-electron chi connectivity index (χ1n) is 3.67. The average Bonchev–Trinajstić information content (AvgIpc) is 2.04. The van der Waals surface area contributed by atoms with Crippen LogP contribution in [0.25, 0.3) is 0 Å². The van der Waals surface area contributed by atoms with E-state index in [0.717, 1.165) is 9.80 Å². The van der Waals surface area contributed by atoms with Gasteiger partial charge in [-0.25, -0.2) is 0 Å². The van der Waals surface area contributed by atoms with Crippen LogP contribution in [0.4, 0.5) is 5.69 Å². The molecule has 0 heterocycles.